The first-order valence-electron chi connectivity index (χ1n) is 9.10. The van der Waals surface area contributed by atoms with Crippen molar-refractivity contribution in [3.63, 3.8) is 0 Å². The number of ether oxygens (including phenoxy) is 1. The number of thioether (sulfide) groups is 1. The first kappa shape index (κ1) is 23.4. The Labute approximate surface area is 185 Å². The summed E-state index contributed by atoms with van der Waals surface area (Å²) in [7, 11) is 1.62. The van der Waals surface area contributed by atoms with Crippen molar-refractivity contribution >= 4 is 46.8 Å². The van der Waals surface area contributed by atoms with Gasteiger partial charge in [-0.2, -0.15) is 11.8 Å². The molecule has 8 heteroatoms. The smallest absolute Gasteiger partial charge is 0.253 e. The number of halogens is 2. The molecule has 0 aliphatic heterocycles. The van der Waals surface area contributed by atoms with Crippen LogP contribution in [0.25, 0.3) is 0 Å². The van der Waals surface area contributed by atoms with E-state index in [0.717, 1.165) is 17.1 Å². The van der Waals surface area contributed by atoms with Gasteiger partial charge in [-0.25, -0.2) is 0 Å². The van der Waals surface area contributed by atoms with Crippen LogP contribution in [0.15, 0.2) is 42.5 Å². The molecule has 0 heterocycles. The van der Waals surface area contributed by atoms with Gasteiger partial charge >= 0.3 is 0 Å². The van der Waals surface area contributed by atoms with Gasteiger partial charge in [-0.15, -0.1) is 0 Å². The number of carbonyl (C=O) groups is 2. The molecular formula is C21H24Cl2N2O3S. The molecular weight excluding hydrogens is 431 g/mol. The minimum atomic E-state index is -0.653. The molecule has 2 N–H and O–H groups in total. The molecule has 0 aromatic heterocycles. The van der Waals surface area contributed by atoms with E-state index in [1.54, 1.807) is 31.0 Å². The summed E-state index contributed by atoms with van der Waals surface area (Å²) in [6.45, 7) is 0.437. The van der Waals surface area contributed by atoms with Crippen molar-refractivity contribution < 1.29 is 14.3 Å². The van der Waals surface area contributed by atoms with Crippen LogP contribution >= 0.6 is 35.0 Å². The number of rotatable bonds is 10. The van der Waals surface area contributed by atoms with E-state index >= 15 is 0 Å². The fraction of sp³-hybridized carbons (Fsp3) is 0.333. The molecule has 2 amide bonds. The first-order chi connectivity index (χ1) is 14.0. The molecule has 2 aromatic rings. The first-order valence-corrected chi connectivity index (χ1v) is 11.3. The second kappa shape index (κ2) is 12.0. The van der Waals surface area contributed by atoms with Gasteiger partial charge in [0, 0.05) is 11.6 Å². The number of para-hydroxylation sites is 1. The Kier molecular flexibility index (Phi) is 9.64. The topological polar surface area (TPSA) is 67.4 Å². The maximum atomic E-state index is 12.7. The number of benzene rings is 2. The normalized spacial score (nSPS) is 11.6. The Morgan fingerprint density at radius 3 is 2.62 bits per heavy atom. The molecule has 29 heavy (non-hydrogen) atoms. The summed E-state index contributed by atoms with van der Waals surface area (Å²) < 4.78 is 5.33. The van der Waals surface area contributed by atoms with E-state index in [1.165, 1.54) is 6.07 Å². The summed E-state index contributed by atoms with van der Waals surface area (Å²) in [4.78, 5) is 25.3. The van der Waals surface area contributed by atoms with Crippen LogP contribution in [0, 0.1) is 0 Å². The summed E-state index contributed by atoms with van der Waals surface area (Å²) in [5.41, 5.74) is 1.29. The highest BCUT2D eigenvalue weighted by Gasteiger charge is 2.22. The highest BCUT2D eigenvalue weighted by Crippen LogP contribution is 2.21. The lowest BCUT2D eigenvalue weighted by atomic mass is 10.1. The van der Waals surface area contributed by atoms with Crippen molar-refractivity contribution in [3.8, 4) is 5.75 Å². The number of hydrogen-bond acceptors (Lipinski definition) is 4. The second-order valence-corrected chi connectivity index (χ2v) is 8.11. The minimum absolute atomic E-state index is 0.229. The van der Waals surface area contributed by atoms with Crippen LogP contribution in [0.2, 0.25) is 10.0 Å². The molecule has 0 aliphatic carbocycles. The van der Waals surface area contributed by atoms with Gasteiger partial charge in [-0.3, -0.25) is 9.59 Å². The molecule has 0 radical (unpaired) electrons. The van der Waals surface area contributed by atoms with Crippen molar-refractivity contribution in [2.75, 3.05) is 25.7 Å². The zero-order valence-electron chi connectivity index (χ0n) is 16.3. The molecule has 0 saturated heterocycles. The number of carbonyl (C=O) groups excluding carboxylic acids is 2. The van der Waals surface area contributed by atoms with Gasteiger partial charge in [0.05, 0.1) is 17.7 Å². The summed E-state index contributed by atoms with van der Waals surface area (Å²) in [5.74, 6) is 0.885. The van der Waals surface area contributed by atoms with Crippen molar-refractivity contribution in [2.45, 2.75) is 18.9 Å². The Bertz CT molecular complexity index is 848. The predicted octanol–water partition coefficient (Wildman–Crippen LogP) is 4.21. The second-order valence-electron chi connectivity index (χ2n) is 6.28. The average molecular weight is 455 g/mol. The third-order valence-electron chi connectivity index (χ3n) is 4.29. The highest BCUT2D eigenvalue weighted by molar-refractivity contribution is 7.98. The summed E-state index contributed by atoms with van der Waals surface area (Å²) in [5, 5.41) is 6.37. The van der Waals surface area contributed by atoms with E-state index < -0.39 is 11.9 Å². The molecule has 0 spiro atoms. The van der Waals surface area contributed by atoms with Gasteiger partial charge in [0.15, 0.2) is 0 Å². The molecule has 156 valence electrons. The Balaban J connectivity index is 1.98. The van der Waals surface area contributed by atoms with E-state index in [0.29, 0.717) is 24.4 Å². The third kappa shape index (κ3) is 7.14. The zero-order chi connectivity index (χ0) is 21.2. The maximum Gasteiger partial charge on any atom is 0.253 e. The van der Waals surface area contributed by atoms with Crippen LogP contribution in [-0.2, 0) is 11.2 Å². The van der Waals surface area contributed by atoms with E-state index in [-0.39, 0.29) is 16.5 Å². The molecule has 0 aliphatic rings. The lowest BCUT2D eigenvalue weighted by Crippen LogP contribution is -2.47. The summed E-state index contributed by atoms with van der Waals surface area (Å²) in [6, 6.07) is 11.7. The van der Waals surface area contributed by atoms with E-state index in [1.807, 2.05) is 30.5 Å². The predicted molar refractivity (Wildman–Crippen MR) is 120 cm³/mol. The molecule has 2 aromatic carbocycles. The van der Waals surface area contributed by atoms with Gasteiger partial charge < -0.3 is 15.4 Å². The standard InChI is InChI=1S/C21H24Cl2N2O3S/c1-28-19-6-4-3-5-14(19)9-11-24-21(27)18(10-12-29-2)25-20(26)16-8-7-15(22)13-17(16)23/h3-8,13,18H,9-12H2,1-2H3,(H,24,27)(H,25,26). The maximum absolute atomic E-state index is 12.7. The number of amides is 2. The Hall–Kier alpha value is -1.89. The van der Waals surface area contributed by atoms with Gasteiger partial charge in [0.1, 0.15) is 11.8 Å². The lowest BCUT2D eigenvalue weighted by Gasteiger charge is -2.19. The molecule has 2 rings (SSSR count). The summed E-state index contributed by atoms with van der Waals surface area (Å²) >= 11 is 13.6. The largest absolute Gasteiger partial charge is 0.496 e. The van der Waals surface area contributed by atoms with E-state index in [2.05, 4.69) is 10.6 Å². The zero-order valence-corrected chi connectivity index (χ0v) is 18.7. The fourth-order valence-electron chi connectivity index (χ4n) is 2.77. The number of hydrogen-bond donors (Lipinski definition) is 2. The molecule has 0 saturated carbocycles. The molecule has 1 unspecified atom stereocenters. The van der Waals surface area contributed by atoms with Crippen LogP contribution in [0.5, 0.6) is 5.75 Å². The Morgan fingerprint density at radius 2 is 1.93 bits per heavy atom. The van der Waals surface area contributed by atoms with Crippen LogP contribution < -0.4 is 15.4 Å². The van der Waals surface area contributed by atoms with Gasteiger partial charge in [0.25, 0.3) is 5.91 Å². The van der Waals surface area contributed by atoms with Crippen LogP contribution in [0.3, 0.4) is 0 Å². The van der Waals surface area contributed by atoms with Crippen LogP contribution in [-0.4, -0.2) is 43.5 Å². The van der Waals surface area contributed by atoms with Gasteiger partial charge in [-0.1, -0.05) is 41.4 Å². The molecule has 5 nitrogen and oxygen atoms in total. The quantitative estimate of drug-likeness (QED) is 0.563. The minimum Gasteiger partial charge on any atom is -0.496 e. The monoisotopic (exact) mass is 454 g/mol. The Morgan fingerprint density at radius 1 is 1.17 bits per heavy atom. The lowest BCUT2D eigenvalue weighted by molar-refractivity contribution is -0.122. The molecule has 1 atom stereocenters. The number of nitrogens with one attached hydrogen (secondary N) is 2. The SMILES string of the molecule is COc1ccccc1CCNC(=O)C(CCSC)NC(=O)c1ccc(Cl)cc1Cl. The fourth-order valence-corrected chi connectivity index (χ4v) is 3.73. The van der Waals surface area contributed by atoms with Crippen molar-refractivity contribution in [1.82, 2.24) is 10.6 Å². The van der Waals surface area contributed by atoms with Crippen molar-refractivity contribution in [3.05, 3.63) is 63.6 Å². The van der Waals surface area contributed by atoms with E-state index in [4.69, 9.17) is 27.9 Å². The summed E-state index contributed by atoms with van der Waals surface area (Å²) in [6.07, 6.45) is 3.09. The van der Waals surface area contributed by atoms with Crippen LogP contribution in [0.4, 0.5) is 0 Å². The van der Waals surface area contributed by atoms with E-state index in [9.17, 15) is 9.59 Å². The molecule has 0 fully saturated rings. The van der Waals surface area contributed by atoms with Crippen molar-refractivity contribution in [1.29, 1.82) is 0 Å². The third-order valence-corrected chi connectivity index (χ3v) is 5.49. The van der Waals surface area contributed by atoms with Crippen LogP contribution in [0.1, 0.15) is 22.3 Å². The van der Waals surface area contributed by atoms with Crippen molar-refractivity contribution in [2.24, 2.45) is 0 Å². The van der Waals surface area contributed by atoms with Gasteiger partial charge in [-0.05, 0) is 54.7 Å². The van der Waals surface area contributed by atoms with Gasteiger partial charge in [0.2, 0.25) is 5.91 Å². The number of methoxy groups -OCH3 is 1. The highest BCUT2D eigenvalue weighted by atomic mass is 35.5. The average Bonchev–Trinajstić information content (AvgIpc) is 2.71. The molecule has 0 bridgehead atoms.